The van der Waals surface area contributed by atoms with Crippen LogP contribution in [-0.2, 0) is 0 Å². The number of hydrogen-bond acceptors (Lipinski definition) is 3. The summed E-state index contributed by atoms with van der Waals surface area (Å²) in [6.07, 6.45) is 8.36. The maximum Gasteiger partial charge on any atom is 0.254 e. The standard InChI is InChI=1S/C35H42FN3O/c1-2-21-39(31-16-10-5-11-17-31)35(40)30-18-19-34(33(36)27-30)38-25-23-37(24-26-38)22-20-32(28-12-6-3-7-13-28)29-14-8-4-9-15-29/h2-4,6-9,12-15,18-19,27,31-32H,1,5,10-11,16-17,20-26H2. The van der Waals surface area contributed by atoms with Crippen LogP contribution in [0.2, 0.25) is 0 Å². The van der Waals surface area contributed by atoms with E-state index in [4.69, 9.17) is 0 Å². The van der Waals surface area contributed by atoms with E-state index in [0.29, 0.717) is 23.7 Å². The van der Waals surface area contributed by atoms with Crippen molar-refractivity contribution in [3.8, 4) is 0 Å². The van der Waals surface area contributed by atoms with Gasteiger partial charge in [-0.2, -0.15) is 0 Å². The van der Waals surface area contributed by atoms with E-state index in [2.05, 4.69) is 77.0 Å². The van der Waals surface area contributed by atoms with E-state index in [1.807, 2.05) is 4.90 Å². The number of hydrogen-bond donors (Lipinski definition) is 0. The van der Waals surface area contributed by atoms with Crippen molar-refractivity contribution in [3.63, 3.8) is 0 Å². The Morgan fingerprint density at radius 1 is 0.900 bits per heavy atom. The lowest BCUT2D eigenvalue weighted by atomic mass is 9.88. The molecule has 0 atom stereocenters. The molecule has 1 heterocycles. The van der Waals surface area contributed by atoms with Crippen LogP contribution >= 0.6 is 0 Å². The molecule has 1 saturated carbocycles. The van der Waals surface area contributed by atoms with E-state index in [1.54, 1.807) is 18.2 Å². The summed E-state index contributed by atoms with van der Waals surface area (Å²) in [6, 6.07) is 26.7. The Labute approximate surface area is 239 Å². The van der Waals surface area contributed by atoms with Crippen LogP contribution in [0.5, 0.6) is 0 Å². The summed E-state index contributed by atoms with van der Waals surface area (Å²) in [7, 11) is 0. The number of carbonyl (C=O) groups is 1. The zero-order chi connectivity index (χ0) is 27.7. The Hall–Kier alpha value is -3.44. The minimum Gasteiger partial charge on any atom is -0.367 e. The van der Waals surface area contributed by atoms with Crippen LogP contribution in [-0.4, -0.2) is 61.0 Å². The number of piperazine rings is 1. The first-order chi connectivity index (χ1) is 19.6. The number of rotatable bonds is 10. The molecule has 1 saturated heterocycles. The van der Waals surface area contributed by atoms with E-state index in [1.165, 1.54) is 23.6 Å². The molecule has 0 aromatic heterocycles. The molecule has 1 aliphatic carbocycles. The summed E-state index contributed by atoms with van der Waals surface area (Å²) in [5, 5.41) is 0. The molecule has 0 N–H and O–H groups in total. The summed E-state index contributed by atoms with van der Waals surface area (Å²) in [4.78, 5) is 19.8. The Morgan fingerprint density at radius 3 is 2.10 bits per heavy atom. The third-order valence-electron chi connectivity index (χ3n) is 8.65. The van der Waals surface area contributed by atoms with E-state index < -0.39 is 0 Å². The Balaban J connectivity index is 1.19. The minimum atomic E-state index is -0.310. The molecular weight excluding hydrogens is 497 g/mol. The van der Waals surface area contributed by atoms with Crippen molar-refractivity contribution >= 4 is 11.6 Å². The topological polar surface area (TPSA) is 26.8 Å². The van der Waals surface area contributed by atoms with Crippen molar-refractivity contribution in [2.45, 2.75) is 50.5 Å². The fraction of sp³-hybridized carbons (Fsp3) is 0.400. The van der Waals surface area contributed by atoms with Crippen LogP contribution in [0.4, 0.5) is 10.1 Å². The Morgan fingerprint density at radius 2 is 1.52 bits per heavy atom. The van der Waals surface area contributed by atoms with Gasteiger partial charge >= 0.3 is 0 Å². The Bertz CT molecular complexity index is 1190. The van der Waals surface area contributed by atoms with Gasteiger partial charge in [-0.15, -0.1) is 6.58 Å². The monoisotopic (exact) mass is 539 g/mol. The van der Waals surface area contributed by atoms with Gasteiger partial charge in [-0.1, -0.05) is 86.0 Å². The largest absolute Gasteiger partial charge is 0.367 e. The van der Waals surface area contributed by atoms with Crippen molar-refractivity contribution in [2.75, 3.05) is 44.2 Å². The third-order valence-corrected chi connectivity index (χ3v) is 8.65. The molecule has 2 fully saturated rings. The first-order valence-electron chi connectivity index (χ1n) is 14.9. The molecule has 1 aliphatic heterocycles. The molecule has 4 nitrogen and oxygen atoms in total. The quantitative estimate of drug-likeness (QED) is 0.257. The van der Waals surface area contributed by atoms with Gasteiger partial charge in [0, 0.05) is 50.2 Å². The minimum absolute atomic E-state index is 0.0894. The maximum absolute atomic E-state index is 15.4. The number of benzene rings is 3. The molecule has 1 amide bonds. The molecule has 0 radical (unpaired) electrons. The predicted octanol–water partition coefficient (Wildman–Crippen LogP) is 7.13. The highest BCUT2D eigenvalue weighted by Gasteiger charge is 2.27. The average molecular weight is 540 g/mol. The van der Waals surface area contributed by atoms with Crippen molar-refractivity contribution in [2.24, 2.45) is 0 Å². The lowest BCUT2D eigenvalue weighted by Crippen LogP contribution is -2.47. The molecule has 40 heavy (non-hydrogen) atoms. The van der Waals surface area contributed by atoms with Gasteiger partial charge in [-0.05, 0) is 55.1 Å². The molecule has 3 aromatic carbocycles. The summed E-state index contributed by atoms with van der Waals surface area (Å²) >= 11 is 0. The highest BCUT2D eigenvalue weighted by molar-refractivity contribution is 5.95. The van der Waals surface area contributed by atoms with Crippen LogP contribution in [0.15, 0.2) is 91.5 Å². The smallest absolute Gasteiger partial charge is 0.254 e. The van der Waals surface area contributed by atoms with E-state index in [-0.39, 0.29) is 17.8 Å². The number of nitrogens with zero attached hydrogens (tertiary/aromatic N) is 3. The van der Waals surface area contributed by atoms with Crippen molar-refractivity contribution in [1.29, 1.82) is 0 Å². The van der Waals surface area contributed by atoms with Gasteiger partial charge in [0.15, 0.2) is 0 Å². The summed E-state index contributed by atoms with van der Waals surface area (Å²) in [6.45, 7) is 8.68. The predicted molar refractivity (Wildman–Crippen MR) is 163 cm³/mol. The number of halogens is 1. The maximum atomic E-state index is 15.4. The van der Waals surface area contributed by atoms with E-state index in [9.17, 15) is 4.79 Å². The van der Waals surface area contributed by atoms with Crippen LogP contribution in [0, 0.1) is 5.82 Å². The number of amides is 1. The number of carbonyl (C=O) groups excluding carboxylic acids is 1. The second-order valence-electron chi connectivity index (χ2n) is 11.2. The molecule has 5 heteroatoms. The van der Waals surface area contributed by atoms with Gasteiger partial charge in [0.25, 0.3) is 5.91 Å². The second kappa shape index (κ2) is 13.8. The zero-order valence-electron chi connectivity index (χ0n) is 23.6. The number of anilines is 1. The second-order valence-corrected chi connectivity index (χ2v) is 11.2. The SMILES string of the molecule is C=CCN(C(=O)c1ccc(N2CCN(CCC(c3ccccc3)c3ccccc3)CC2)c(F)c1)C1CCCCC1. The van der Waals surface area contributed by atoms with Gasteiger partial charge in [-0.25, -0.2) is 4.39 Å². The molecule has 2 aliphatic rings. The molecule has 5 rings (SSSR count). The van der Waals surface area contributed by atoms with Crippen molar-refractivity contribution in [3.05, 3.63) is 114 Å². The fourth-order valence-electron chi connectivity index (χ4n) is 6.41. The zero-order valence-corrected chi connectivity index (χ0v) is 23.6. The highest BCUT2D eigenvalue weighted by atomic mass is 19.1. The van der Waals surface area contributed by atoms with Gasteiger partial charge in [0.2, 0.25) is 0 Å². The van der Waals surface area contributed by atoms with Crippen molar-refractivity contribution < 1.29 is 9.18 Å². The molecular formula is C35H42FN3O. The molecule has 0 spiro atoms. The summed E-state index contributed by atoms with van der Waals surface area (Å²) < 4.78 is 15.4. The molecule has 0 bridgehead atoms. The van der Waals surface area contributed by atoms with E-state index >= 15 is 4.39 Å². The van der Waals surface area contributed by atoms with Crippen LogP contribution in [0.1, 0.15) is 65.9 Å². The van der Waals surface area contributed by atoms with Gasteiger partial charge < -0.3 is 9.80 Å². The average Bonchev–Trinajstić information content (AvgIpc) is 3.01. The van der Waals surface area contributed by atoms with Crippen molar-refractivity contribution in [1.82, 2.24) is 9.80 Å². The molecule has 3 aromatic rings. The third kappa shape index (κ3) is 6.82. The molecule has 0 unspecified atom stereocenters. The van der Waals surface area contributed by atoms with E-state index in [0.717, 1.165) is 64.8 Å². The normalized spacial score (nSPS) is 16.7. The van der Waals surface area contributed by atoms with Gasteiger partial charge in [-0.3, -0.25) is 9.69 Å². The lowest BCUT2D eigenvalue weighted by Gasteiger charge is -2.37. The summed E-state index contributed by atoms with van der Waals surface area (Å²) in [5.74, 6) is -0.0413. The van der Waals surface area contributed by atoms with Crippen LogP contribution in [0.3, 0.4) is 0 Å². The Kier molecular flexibility index (Phi) is 9.67. The fourth-order valence-corrected chi connectivity index (χ4v) is 6.41. The summed E-state index contributed by atoms with van der Waals surface area (Å²) in [5.41, 5.74) is 3.72. The molecule has 210 valence electrons. The van der Waals surface area contributed by atoms with Gasteiger partial charge in [0.1, 0.15) is 5.82 Å². The van der Waals surface area contributed by atoms with Gasteiger partial charge in [0.05, 0.1) is 5.69 Å². The van der Waals surface area contributed by atoms with Crippen LogP contribution < -0.4 is 4.90 Å². The first kappa shape index (κ1) is 28.1. The lowest BCUT2D eigenvalue weighted by molar-refractivity contribution is 0.0662. The first-order valence-corrected chi connectivity index (χ1v) is 14.9. The van der Waals surface area contributed by atoms with Crippen LogP contribution in [0.25, 0.3) is 0 Å². The highest BCUT2D eigenvalue weighted by Crippen LogP contribution is 2.29.